The Kier molecular flexibility index (Phi) is 3.62. The molecule has 1 aliphatic rings. The van der Waals surface area contributed by atoms with Crippen molar-refractivity contribution < 1.29 is 13.5 Å². The number of benzene rings is 1. The molecule has 1 aromatic rings. The molecule has 0 atom stereocenters. The number of nitrogens with zero attached hydrogens (tertiary/aromatic N) is 1. The van der Waals surface area contributed by atoms with Crippen molar-refractivity contribution in [2.75, 3.05) is 27.2 Å². The fourth-order valence-corrected chi connectivity index (χ4v) is 2.42. The Hall–Kier alpha value is -1.16. The third-order valence-electron chi connectivity index (χ3n) is 3.40. The van der Waals surface area contributed by atoms with E-state index in [1.807, 2.05) is 0 Å². The largest absolute Gasteiger partial charge is 0.496 e. The second-order valence-electron chi connectivity index (χ2n) is 4.58. The highest BCUT2D eigenvalue weighted by molar-refractivity contribution is 5.38. The second-order valence-corrected chi connectivity index (χ2v) is 4.58. The zero-order valence-electron chi connectivity index (χ0n) is 10.2. The summed E-state index contributed by atoms with van der Waals surface area (Å²) in [5.41, 5.74) is 0.530. The summed E-state index contributed by atoms with van der Waals surface area (Å²) in [4.78, 5) is 2.21. The van der Waals surface area contributed by atoms with E-state index in [1.54, 1.807) is 0 Å². The normalized spacial score (nSPS) is 18.4. The molecule has 0 aromatic heterocycles. The second kappa shape index (κ2) is 5.00. The zero-order valence-corrected chi connectivity index (χ0v) is 10.2. The van der Waals surface area contributed by atoms with Gasteiger partial charge in [0.15, 0.2) is 0 Å². The van der Waals surface area contributed by atoms with Crippen molar-refractivity contribution in [1.82, 2.24) is 4.90 Å². The van der Waals surface area contributed by atoms with Gasteiger partial charge in [0.25, 0.3) is 0 Å². The van der Waals surface area contributed by atoms with Crippen LogP contribution in [0.1, 0.15) is 24.3 Å². The minimum absolute atomic E-state index is 0.127. The summed E-state index contributed by atoms with van der Waals surface area (Å²) < 4.78 is 32.0. The molecule has 1 fully saturated rings. The molecule has 1 aliphatic heterocycles. The molecule has 0 bridgehead atoms. The number of piperidine rings is 1. The van der Waals surface area contributed by atoms with Crippen molar-refractivity contribution in [3.05, 3.63) is 29.3 Å². The van der Waals surface area contributed by atoms with Crippen LogP contribution in [0.4, 0.5) is 8.78 Å². The molecule has 0 N–H and O–H groups in total. The minimum Gasteiger partial charge on any atom is -0.496 e. The number of methoxy groups -OCH3 is 1. The average Bonchev–Trinajstić information content (AvgIpc) is 2.30. The summed E-state index contributed by atoms with van der Waals surface area (Å²) in [6.07, 6.45) is 1.77. The molecule has 1 aromatic carbocycles. The lowest BCUT2D eigenvalue weighted by molar-refractivity contribution is 0.249. The van der Waals surface area contributed by atoms with Gasteiger partial charge >= 0.3 is 0 Å². The van der Waals surface area contributed by atoms with Gasteiger partial charge in [-0.25, -0.2) is 8.78 Å². The Morgan fingerprint density at radius 1 is 1.24 bits per heavy atom. The number of rotatable bonds is 2. The van der Waals surface area contributed by atoms with E-state index < -0.39 is 11.6 Å². The Bertz CT molecular complexity index is 401. The summed E-state index contributed by atoms with van der Waals surface area (Å²) in [7, 11) is 3.50. The van der Waals surface area contributed by atoms with Gasteiger partial charge in [0.1, 0.15) is 17.4 Å². The van der Waals surface area contributed by atoms with E-state index in [0.29, 0.717) is 11.3 Å². The van der Waals surface area contributed by atoms with Gasteiger partial charge in [-0.15, -0.1) is 0 Å². The Morgan fingerprint density at radius 3 is 2.47 bits per heavy atom. The van der Waals surface area contributed by atoms with Crippen LogP contribution < -0.4 is 4.74 Å². The number of likely N-dealkylation sites (tertiary alicyclic amines) is 1. The van der Waals surface area contributed by atoms with Crippen LogP contribution in [-0.2, 0) is 0 Å². The van der Waals surface area contributed by atoms with Crippen LogP contribution in [0, 0.1) is 11.6 Å². The molecule has 0 amide bonds. The van der Waals surface area contributed by atoms with Crippen LogP contribution >= 0.6 is 0 Å². The Labute approximate surface area is 100 Å². The molecule has 2 rings (SSSR count). The fourth-order valence-electron chi connectivity index (χ4n) is 2.42. The van der Waals surface area contributed by atoms with Gasteiger partial charge in [0.2, 0.25) is 0 Å². The molecule has 0 saturated carbocycles. The van der Waals surface area contributed by atoms with E-state index in [2.05, 4.69) is 11.9 Å². The average molecular weight is 241 g/mol. The van der Waals surface area contributed by atoms with Crippen LogP contribution in [0.3, 0.4) is 0 Å². The van der Waals surface area contributed by atoms with Crippen molar-refractivity contribution in [2.45, 2.75) is 18.8 Å². The summed E-state index contributed by atoms with van der Waals surface area (Å²) in [5, 5.41) is 0. The number of hydrogen-bond acceptors (Lipinski definition) is 2. The number of hydrogen-bond donors (Lipinski definition) is 0. The smallest absolute Gasteiger partial charge is 0.133 e. The summed E-state index contributed by atoms with van der Waals surface area (Å²) in [6.45, 7) is 1.87. The third-order valence-corrected chi connectivity index (χ3v) is 3.40. The molecule has 0 aliphatic carbocycles. The van der Waals surface area contributed by atoms with Crippen LogP contribution in [-0.4, -0.2) is 32.1 Å². The lowest BCUT2D eigenvalue weighted by Gasteiger charge is -2.30. The molecule has 0 spiro atoms. The van der Waals surface area contributed by atoms with Crippen molar-refractivity contribution in [2.24, 2.45) is 0 Å². The molecule has 0 radical (unpaired) electrons. The molecule has 4 heteroatoms. The molecule has 2 nitrogen and oxygen atoms in total. The maximum atomic E-state index is 13.8. The van der Waals surface area contributed by atoms with E-state index in [-0.39, 0.29) is 5.92 Å². The first kappa shape index (κ1) is 12.3. The highest BCUT2D eigenvalue weighted by Crippen LogP contribution is 2.36. The molecular formula is C13H17F2NO. The molecular weight excluding hydrogens is 224 g/mol. The molecule has 17 heavy (non-hydrogen) atoms. The first-order valence-electron chi connectivity index (χ1n) is 5.83. The predicted molar refractivity (Wildman–Crippen MR) is 62.4 cm³/mol. The topological polar surface area (TPSA) is 12.5 Å². The van der Waals surface area contributed by atoms with Gasteiger partial charge < -0.3 is 9.64 Å². The van der Waals surface area contributed by atoms with E-state index >= 15 is 0 Å². The highest BCUT2D eigenvalue weighted by Gasteiger charge is 2.25. The van der Waals surface area contributed by atoms with E-state index in [0.717, 1.165) is 32.0 Å². The molecule has 94 valence electrons. The molecule has 0 unspecified atom stereocenters. The SMILES string of the molecule is COc1cc(F)cc(F)c1C1CCN(C)CC1. The van der Waals surface area contributed by atoms with Gasteiger partial charge in [-0.1, -0.05) is 0 Å². The lowest BCUT2D eigenvalue weighted by atomic mass is 9.88. The van der Waals surface area contributed by atoms with Crippen molar-refractivity contribution in [3.63, 3.8) is 0 Å². The monoisotopic (exact) mass is 241 g/mol. The van der Waals surface area contributed by atoms with Crippen molar-refractivity contribution >= 4 is 0 Å². The van der Waals surface area contributed by atoms with Gasteiger partial charge in [-0.3, -0.25) is 0 Å². The number of halogens is 2. The maximum Gasteiger partial charge on any atom is 0.133 e. The first-order valence-corrected chi connectivity index (χ1v) is 5.83. The predicted octanol–water partition coefficient (Wildman–Crippen LogP) is 2.78. The summed E-state index contributed by atoms with van der Waals surface area (Å²) in [5.74, 6) is -0.619. The zero-order chi connectivity index (χ0) is 12.4. The van der Waals surface area contributed by atoms with Crippen molar-refractivity contribution in [3.8, 4) is 5.75 Å². The van der Waals surface area contributed by atoms with Gasteiger partial charge in [0.05, 0.1) is 7.11 Å². The maximum absolute atomic E-state index is 13.8. The van der Waals surface area contributed by atoms with Gasteiger partial charge in [0, 0.05) is 17.7 Å². The fraction of sp³-hybridized carbons (Fsp3) is 0.538. The van der Waals surface area contributed by atoms with E-state index in [1.165, 1.54) is 13.2 Å². The minimum atomic E-state index is -0.587. The van der Waals surface area contributed by atoms with Gasteiger partial charge in [-0.2, -0.15) is 0 Å². The van der Waals surface area contributed by atoms with E-state index in [9.17, 15) is 8.78 Å². The quantitative estimate of drug-likeness (QED) is 0.789. The molecule has 1 saturated heterocycles. The first-order chi connectivity index (χ1) is 8.11. The standard InChI is InChI=1S/C13H17F2NO/c1-16-5-3-9(4-6-16)13-11(15)7-10(14)8-12(13)17-2/h7-9H,3-6H2,1-2H3. The lowest BCUT2D eigenvalue weighted by Crippen LogP contribution is -2.29. The van der Waals surface area contributed by atoms with Crippen LogP contribution in [0.5, 0.6) is 5.75 Å². The Balaban J connectivity index is 2.31. The van der Waals surface area contributed by atoms with E-state index in [4.69, 9.17) is 4.74 Å². The summed E-state index contributed by atoms with van der Waals surface area (Å²) >= 11 is 0. The summed E-state index contributed by atoms with van der Waals surface area (Å²) in [6, 6.07) is 2.20. The molecule has 1 heterocycles. The third kappa shape index (κ3) is 2.57. The van der Waals surface area contributed by atoms with Crippen molar-refractivity contribution in [1.29, 1.82) is 0 Å². The number of ether oxygens (including phenoxy) is 1. The van der Waals surface area contributed by atoms with Crippen LogP contribution in [0.25, 0.3) is 0 Å². The Morgan fingerprint density at radius 2 is 1.88 bits per heavy atom. The van der Waals surface area contributed by atoms with Crippen LogP contribution in [0.15, 0.2) is 12.1 Å². The van der Waals surface area contributed by atoms with Crippen LogP contribution in [0.2, 0.25) is 0 Å². The van der Waals surface area contributed by atoms with Gasteiger partial charge in [-0.05, 0) is 38.9 Å². The highest BCUT2D eigenvalue weighted by atomic mass is 19.1.